The molecule has 5 heteroatoms. The van der Waals surface area contributed by atoms with Gasteiger partial charge in [0.05, 0.1) is 11.7 Å². The molecular formula is C20H23N3O2. The maximum Gasteiger partial charge on any atom is 0.226 e. The molecule has 0 amide bonds. The van der Waals surface area contributed by atoms with Gasteiger partial charge in [-0.25, -0.2) is 4.98 Å². The summed E-state index contributed by atoms with van der Waals surface area (Å²) in [6, 6.07) is 12.4. The molecule has 0 unspecified atom stereocenters. The van der Waals surface area contributed by atoms with Gasteiger partial charge in [-0.1, -0.05) is 37.2 Å². The number of hydrogen-bond donors (Lipinski definition) is 0. The lowest BCUT2D eigenvalue weighted by atomic mass is 10.1. The lowest BCUT2D eigenvalue weighted by Crippen LogP contribution is -2.23. The molecule has 0 aliphatic carbocycles. The third-order valence-electron chi connectivity index (χ3n) is 4.76. The van der Waals surface area contributed by atoms with Gasteiger partial charge in [-0.05, 0) is 31.5 Å². The molecule has 1 aromatic carbocycles. The van der Waals surface area contributed by atoms with Crippen LogP contribution >= 0.6 is 0 Å². The molecule has 0 saturated carbocycles. The van der Waals surface area contributed by atoms with Crippen LogP contribution in [0.25, 0.3) is 11.5 Å². The van der Waals surface area contributed by atoms with Gasteiger partial charge >= 0.3 is 0 Å². The van der Waals surface area contributed by atoms with E-state index in [2.05, 4.69) is 35.0 Å². The van der Waals surface area contributed by atoms with Gasteiger partial charge in [0.1, 0.15) is 17.7 Å². The number of rotatable bonds is 5. The van der Waals surface area contributed by atoms with Crippen molar-refractivity contribution < 1.29 is 8.94 Å². The molecular weight excluding hydrogens is 314 g/mol. The van der Waals surface area contributed by atoms with E-state index in [4.69, 9.17) is 8.94 Å². The summed E-state index contributed by atoms with van der Waals surface area (Å²) in [6.07, 6.45) is 4.03. The zero-order chi connectivity index (χ0) is 17.2. The normalized spacial score (nSPS) is 18.3. The van der Waals surface area contributed by atoms with Crippen molar-refractivity contribution >= 4 is 0 Å². The molecule has 1 atom stereocenters. The Morgan fingerprint density at radius 3 is 2.84 bits per heavy atom. The van der Waals surface area contributed by atoms with E-state index in [1.54, 1.807) is 6.26 Å². The Kier molecular flexibility index (Phi) is 4.40. The second-order valence-electron chi connectivity index (χ2n) is 6.95. The molecule has 0 N–H and O–H groups in total. The van der Waals surface area contributed by atoms with E-state index in [0.717, 1.165) is 48.6 Å². The number of hydrogen-bond acceptors (Lipinski definition) is 5. The number of oxazole rings is 1. The Balaban J connectivity index is 1.49. The van der Waals surface area contributed by atoms with E-state index < -0.39 is 0 Å². The highest BCUT2D eigenvalue weighted by atomic mass is 16.5. The van der Waals surface area contributed by atoms with Crippen LogP contribution in [0.2, 0.25) is 0 Å². The number of nitrogens with zero attached hydrogens (tertiary/aromatic N) is 3. The topological polar surface area (TPSA) is 55.3 Å². The average Bonchev–Trinajstić information content (AvgIpc) is 3.36. The summed E-state index contributed by atoms with van der Waals surface area (Å²) >= 11 is 0. The summed E-state index contributed by atoms with van der Waals surface area (Å²) in [5, 5.41) is 4.30. The fourth-order valence-electron chi connectivity index (χ4n) is 3.38. The first-order chi connectivity index (χ1) is 12.2. The van der Waals surface area contributed by atoms with Crippen LogP contribution < -0.4 is 0 Å². The highest BCUT2D eigenvalue weighted by Crippen LogP contribution is 2.34. The van der Waals surface area contributed by atoms with E-state index in [1.807, 2.05) is 30.3 Å². The van der Waals surface area contributed by atoms with Gasteiger partial charge < -0.3 is 8.94 Å². The van der Waals surface area contributed by atoms with Crippen molar-refractivity contribution in [2.24, 2.45) is 0 Å². The Labute approximate surface area is 147 Å². The molecule has 4 rings (SSSR count). The number of likely N-dealkylation sites (tertiary alicyclic amines) is 1. The second-order valence-corrected chi connectivity index (χ2v) is 6.95. The van der Waals surface area contributed by atoms with Crippen LogP contribution in [-0.2, 0) is 6.54 Å². The summed E-state index contributed by atoms with van der Waals surface area (Å²) in [5.41, 5.74) is 3.00. The van der Waals surface area contributed by atoms with Crippen LogP contribution in [0.4, 0.5) is 0 Å². The molecule has 25 heavy (non-hydrogen) atoms. The Morgan fingerprint density at radius 2 is 2.08 bits per heavy atom. The van der Waals surface area contributed by atoms with E-state index in [-0.39, 0.29) is 0 Å². The molecule has 2 aromatic heterocycles. The summed E-state index contributed by atoms with van der Waals surface area (Å²) in [7, 11) is 0. The standard InChI is InChI=1S/C20H23N3O2/c1-14(2)19-11-17(22-25-19)18-9-6-10-23(18)12-16-13-24-20(21-16)15-7-4-3-5-8-15/h3-5,7-8,11,13-14,18H,6,9-10,12H2,1-2H3/t18-/m1/s1. The summed E-state index contributed by atoms with van der Waals surface area (Å²) in [6.45, 7) is 6.06. The van der Waals surface area contributed by atoms with Crippen LogP contribution in [0.1, 0.15) is 55.8 Å². The molecule has 130 valence electrons. The first kappa shape index (κ1) is 16.1. The molecule has 1 aliphatic rings. The maximum absolute atomic E-state index is 5.67. The van der Waals surface area contributed by atoms with Crippen LogP contribution in [0.3, 0.4) is 0 Å². The van der Waals surface area contributed by atoms with Crippen LogP contribution in [0.5, 0.6) is 0 Å². The first-order valence-corrected chi connectivity index (χ1v) is 8.91. The van der Waals surface area contributed by atoms with Crippen molar-refractivity contribution in [1.29, 1.82) is 0 Å². The minimum Gasteiger partial charge on any atom is -0.444 e. The van der Waals surface area contributed by atoms with Crippen molar-refractivity contribution in [2.75, 3.05) is 6.54 Å². The quantitative estimate of drug-likeness (QED) is 0.670. The van der Waals surface area contributed by atoms with E-state index in [9.17, 15) is 0 Å². The van der Waals surface area contributed by atoms with Gasteiger partial charge in [-0.3, -0.25) is 4.90 Å². The molecule has 0 spiro atoms. The molecule has 1 saturated heterocycles. The van der Waals surface area contributed by atoms with Crippen molar-refractivity contribution in [3.8, 4) is 11.5 Å². The lowest BCUT2D eigenvalue weighted by molar-refractivity contribution is 0.233. The van der Waals surface area contributed by atoms with Crippen molar-refractivity contribution in [1.82, 2.24) is 15.0 Å². The minimum atomic E-state index is 0.299. The zero-order valence-corrected chi connectivity index (χ0v) is 14.7. The monoisotopic (exact) mass is 337 g/mol. The molecule has 3 heterocycles. The number of aromatic nitrogens is 2. The Bertz CT molecular complexity index is 822. The highest BCUT2D eigenvalue weighted by molar-refractivity contribution is 5.52. The first-order valence-electron chi connectivity index (χ1n) is 8.91. The smallest absolute Gasteiger partial charge is 0.226 e. The fourth-order valence-corrected chi connectivity index (χ4v) is 3.38. The van der Waals surface area contributed by atoms with Crippen LogP contribution in [0, 0.1) is 0 Å². The van der Waals surface area contributed by atoms with Crippen molar-refractivity contribution in [3.63, 3.8) is 0 Å². The number of benzene rings is 1. The van der Waals surface area contributed by atoms with Crippen molar-refractivity contribution in [3.05, 3.63) is 59.8 Å². The summed E-state index contributed by atoms with van der Waals surface area (Å²) in [5.74, 6) is 1.99. The molecule has 1 fully saturated rings. The van der Waals surface area contributed by atoms with E-state index >= 15 is 0 Å². The molecule has 0 bridgehead atoms. The fraction of sp³-hybridized carbons (Fsp3) is 0.400. The van der Waals surface area contributed by atoms with Crippen molar-refractivity contribution in [2.45, 2.75) is 45.2 Å². The molecule has 5 nitrogen and oxygen atoms in total. The minimum absolute atomic E-state index is 0.299. The molecule has 3 aromatic rings. The summed E-state index contributed by atoms with van der Waals surface area (Å²) < 4.78 is 11.2. The third kappa shape index (κ3) is 3.37. The zero-order valence-electron chi connectivity index (χ0n) is 14.7. The maximum atomic E-state index is 5.67. The lowest BCUT2D eigenvalue weighted by Gasteiger charge is -2.21. The van der Waals surface area contributed by atoms with E-state index in [0.29, 0.717) is 17.9 Å². The molecule has 0 radical (unpaired) electrons. The van der Waals surface area contributed by atoms with Gasteiger partial charge in [0.15, 0.2) is 0 Å². The van der Waals surface area contributed by atoms with Gasteiger partial charge in [0.2, 0.25) is 5.89 Å². The van der Waals surface area contributed by atoms with Gasteiger partial charge in [0.25, 0.3) is 0 Å². The van der Waals surface area contributed by atoms with Crippen LogP contribution in [-0.4, -0.2) is 21.6 Å². The Hall–Kier alpha value is -2.40. The van der Waals surface area contributed by atoms with Gasteiger partial charge in [0, 0.05) is 24.1 Å². The Morgan fingerprint density at radius 1 is 1.24 bits per heavy atom. The molecule has 1 aliphatic heterocycles. The predicted molar refractivity (Wildman–Crippen MR) is 94.9 cm³/mol. The third-order valence-corrected chi connectivity index (χ3v) is 4.76. The van der Waals surface area contributed by atoms with E-state index in [1.165, 1.54) is 0 Å². The largest absolute Gasteiger partial charge is 0.444 e. The van der Waals surface area contributed by atoms with Crippen LogP contribution in [0.15, 0.2) is 51.6 Å². The highest BCUT2D eigenvalue weighted by Gasteiger charge is 2.29. The van der Waals surface area contributed by atoms with Gasteiger partial charge in [-0.2, -0.15) is 0 Å². The summed E-state index contributed by atoms with van der Waals surface area (Å²) in [4.78, 5) is 7.06. The SMILES string of the molecule is CC(C)c1cc([C@H]2CCCN2Cc2coc(-c3ccccc3)n2)no1. The second kappa shape index (κ2) is 6.84. The predicted octanol–water partition coefficient (Wildman–Crippen LogP) is 4.79. The van der Waals surface area contributed by atoms with Gasteiger partial charge in [-0.15, -0.1) is 0 Å². The average molecular weight is 337 g/mol.